The number of rotatable bonds is 12. The molecule has 0 spiro atoms. The third-order valence-electron chi connectivity index (χ3n) is 3.88. The number of halogens is 1. The van der Waals surface area contributed by atoms with Crippen LogP contribution in [0.1, 0.15) is 64.5 Å². The van der Waals surface area contributed by atoms with Gasteiger partial charge in [0.15, 0.2) is 5.96 Å². The molecule has 162 valence electrons. The third kappa shape index (κ3) is 12.6. The largest absolute Gasteiger partial charge is 0.357 e. The van der Waals surface area contributed by atoms with Crippen LogP contribution in [0.15, 0.2) is 29.3 Å². The molecule has 0 amide bonds. The van der Waals surface area contributed by atoms with Crippen LogP contribution in [0.3, 0.4) is 0 Å². The molecule has 0 saturated heterocycles. The molecule has 0 aromatic heterocycles. The van der Waals surface area contributed by atoms with Crippen LogP contribution in [-0.2, 0) is 22.3 Å². The zero-order valence-electron chi connectivity index (χ0n) is 17.6. The van der Waals surface area contributed by atoms with Crippen molar-refractivity contribution < 1.29 is 8.42 Å². The molecule has 0 aliphatic carbocycles. The van der Waals surface area contributed by atoms with Crippen LogP contribution in [0.25, 0.3) is 0 Å². The fourth-order valence-corrected chi connectivity index (χ4v) is 4.06. The van der Waals surface area contributed by atoms with Gasteiger partial charge in [0.2, 0.25) is 10.0 Å². The molecule has 0 heterocycles. The van der Waals surface area contributed by atoms with Gasteiger partial charge >= 0.3 is 0 Å². The van der Waals surface area contributed by atoms with Gasteiger partial charge in [0.25, 0.3) is 0 Å². The first-order chi connectivity index (χ1) is 12.9. The van der Waals surface area contributed by atoms with Crippen molar-refractivity contribution in [2.75, 3.05) is 13.1 Å². The summed E-state index contributed by atoms with van der Waals surface area (Å²) in [5.74, 6) is 0.818. The standard InChI is InChI=1S/C20H36N4O2S.HI/c1-5-7-8-9-14-22-20(21-6-2)23-15-18-10-12-19(13-11-18)16-27(25,26)24-17(3)4;/h10-13,17,24H,5-9,14-16H2,1-4H3,(H2,21,22,23);1H. The average Bonchev–Trinajstić information content (AvgIpc) is 2.59. The molecule has 0 bridgehead atoms. The molecule has 6 nitrogen and oxygen atoms in total. The van der Waals surface area contributed by atoms with Gasteiger partial charge in [0, 0.05) is 19.1 Å². The molecule has 1 aromatic rings. The van der Waals surface area contributed by atoms with Crippen LogP contribution in [0, 0.1) is 0 Å². The summed E-state index contributed by atoms with van der Waals surface area (Å²) in [6.45, 7) is 10.2. The molecule has 0 aliphatic rings. The van der Waals surface area contributed by atoms with E-state index in [1.54, 1.807) is 0 Å². The molecule has 0 aliphatic heterocycles. The molecule has 0 unspecified atom stereocenters. The number of hydrogen-bond acceptors (Lipinski definition) is 3. The quantitative estimate of drug-likeness (QED) is 0.168. The van der Waals surface area contributed by atoms with Crippen molar-refractivity contribution in [2.45, 2.75) is 71.7 Å². The van der Waals surface area contributed by atoms with E-state index in [9.17, 15) is 8.42 Å². The lowest BCUT2D eigenvalue weighted by Gasteiger charge is -2.11. The maximum Gasteiger partial charge on any atom is 0.216 e. The van der Waals surface area contributed by atoms with Crippen molar-refractivity contribution in [3.8, 4) is 0 Å². The minimum absolute atomic E-state index is 0. The van der Waals surface area contributed by atoms with Gasteiger partial charge in [0.1, 0.15) is 0 Å². The highest BCUT2D eigenvalue weighted by atomic mass is 127. The van der Waals surface area contributed by atoms with E-state index in [1.165, 1.54) is 19.3 Å². The molecule has 0 atom stereocenters. The Balaban J connectivity index is 0.00000729. The van der Waals surface area contributed by atoms with Crippen molar-refractivity contribution in [3.63, 3.8) is 0 Å². The Morgan fingerprint density at radius 1 is 1.00 bits per heavy atom. The second-order valence-electron chi connectivity index (χ2n) is 7.03. The molecule has 0 saturated carbocycles. The van der Waals surface area contributed by atoms with Gasteiger partial charge in [-0.25, -0.2) is 18.1 Å². The Kier molecular flexibility index (Phi) is 14.6. The van der Waals surface area contributed by atoms with Crippen LogP contribution in [0.4, 0.5) is 0 Å². The van der Waals surface area contributed by atoms with Gasteiger partial charge in [-0.3, -0.25) is 0 Å². The predicted molar refractivity (Wildman–Crippen MR) is 130 cm³/mol. The Bertz CT molecular complexity index is 661. The molecule has 1 rings (SSSR count). The lowest BCUT2D eigenvalue weighted by Crippen LogP contribution is -2.37. The van der Waals surface area contributed by atoms with Gasteiger partial charge in [-0.05, 0) is 38.3 Å². The Hall–Kier alpha value is -0.870. The van der Waals surface area contributed by atoms with E-state index < -0.39 is 10.0 Å². The van der Waals surface area contributed by atoms with Crippen molar-refractivity contribution >= 4 is 40.0 Å². The first-order valence-corrected chi connectivity index (χ1v) is 11.6. The second kappa shape index (κ2) is 15.0. The van der Waals surface area contributed by atoms with Gasteiger partial charge < -0.3 is 10.6 Å². The Labute approximate surface area is 188 Å². The van der Waals surface area contributed by atoms with E-state index in [2.05, 4.69) is 34.2 Å². The van der Waals surface area contributed by atoms with Crippen molar-refractivity contribution in [1.29, 1.82) is 0 Å². The number of nitrogens with one attached hydrogen (secondary N) is 3. The number of nitrogens with zero attached hydrogens (tertiary/aromatic N) is 1. The number of benzene rings is 1. The molecular weight excluding hydrogens is 487 g/mol. The smallest absolute Gasteiger partial charge is 0.216 e. The van der Waals surface area contributed by atoms with Crippen LogP contribution >= 0.6 is 24.0 Å². The monoisotopic (exact) mass is 524 g/mol. The molecule has 0 radical (unpaired) electrons. The van der Waals surface area contributed by atoms with E-state index >= 15 is 0 Å². The Morgan fingerprint density at radius 2 is 1.64 bits per heavy atom. The summed E-state index contributed by atoms with van der Waals surface area (Å²) in [7, 11) is -3.29. The number of sulfonamides is 1. The average molecular weight is 525 g/mol. The van der Waals surface area contributed by atoms with E-state index in [-0.39, 0.29) is 35.8 Å². The first kappa shape index (κ1) is 27.1. The van der Waals surface area contributed by atoms with Gasteiger partial charge in [-0.15, -0.1) is 24.0 Å². The van der Waals surface area contributed by atoms with Gasteiger partial charge in [-0.2, -0.15) is 0 Å². The fraction of sp³-hybridized carbons (Fsp3) is 0.650. The highest BCUT2D eigenvalue weighted by molar-refractivity contribution is 14.0. The number of aliphatic imine (C=N–C) groups is 1. The minimum Gasteiger partial charge on any atom is -0.357 e. The van der Waals surface area contributed by atoms with Crippen LogP contribution in [0.2, 0.25) is 0 Å². The molecule has 28 heavy (non-hydrogen) atoms. The summed E-state index contributed by atoms with van der Waals surface area (Å²) in [4.78, 5) is 4.61. The van der Waals surface area contributed by atoms with E-state index in [0.29, 0.717) is 6.54 Å². The SMILES string of the molecule is CCCCCCNC(=NCc1ccc(CS(=O)(=O)NC(C)C)cc1)NCC.I. The highest BCUT2D eigenvalue weighted by Gasteiger charge is 2.12. The molecule has 8 heteroatoms. The second-order valence-corrected chi connectivity index (χ2v) is 8.78. The summed E-state index contributed by atoms with van der Waals surface area (Å²) in [5, 5.41) is 6.62. The van der Waals surface area contributed by atoms with E-state index in [0.717, 1.165) is 36.6 Å². The molecule has 0 fully saturated rings. The predicted octanol–water partition coefficient (Wildman–Crippen LogP) is 3.77. The van der Waals surface area contributed by atoms with Gasteiger partial charge in [0.05, 0.1) is 12.3 Å². The van der Waals surface area contributed by atoms with Crippen LogP contribution in [-0.4, -0.2) is 33.5 Å². The van der Waals surface area contributed by atoms with Crippen LogP contribution < -0.4 is 15.4 Å². The van der Waals surface area contributed by atoms with Crippen molar-refractivity contribution in [2.24, 2.45) is 4.99 Å². The zero-order chi connectivity index (χ0) is 20.1. The summed E-state index contributed by atoms with van der Waals surface area (Å²) in [6, 6.07) is 7.50. The number of unbranched alkanes of at least 4 members (excludes halogenated alkanes) is 3. The summed E-state index contributed by atoms with van der Waals surface area (Å²) in [5.41, 5.74) is 1.83. The van der Waals surface area contributed by atoms with E-state index in [4.69, 9.17) is 0 Å². The summed E-state index contributed by atoms with van der Waals surface area (Å²) >= 11 is 0. The number of guanidine groups is 1. The lowest BCUT2D eigenvalue weighted by atomic mass is 10.1. The highest BCUT2D eigenvalue weighted by Crippen LogP contribution is 2.09. The van der Waals surface area contributed by atoms with Gasteiger partial charge in [-0.1, -0.05) is 50.5 Å². The maximum atomic E-state index is 12.0. The Morgan fingerprint density at radius 3 is 2.21 bits per heavy atom. The molecular formula is C20H37IN4O2S. The van der Waals surface area contributed by atoms with Crippen molar-refractivity contribution in [1.82, 2.24) is 15.4 Å². The maximum absolute atomic E-state index is 12.0. The van der Waals surface area contributed by atoms with Crippen molar-refractivity contribution in [3.05, 3.63) is 35.4 Å². The topological polar surface area (TPSA) is 82.6 Å². The third-order valence-corrected chi connectivity index (χ3v) is 5.43. The number of hydrogen-bond donors (Lipinski definition) is 3. The minimum atomic E-state index is -3.29. The van der Waals surface area contributed by atoms with Crippen LogP contribution in [0.5, 0.6) is 0 Å². The lowest BCUT2D eigenvalue weighted by molar-refractivity contribution is 0.569. The fourth-order valence-electron chi connectivity index (χ4n) is 2.63. The van der Waals surface area contributed by atoms with E-state index in [1.807, 2.05) is 38.1 Å². The summed E-state index contributed by atoms with van der Waals surface area (Å²) < 4.78 is 26.6. The zero-order valence-corrected chi connectivity index (χ0v) is 20.8. The molecule has 3 N–H and O–H groups in total. The molecule has 1 aromatic carbocycles. The normalized spacial score (nSPS) is 12.0. The first-order valence-electron chi connectivity index (χ1n) is 9.96. The summed E-state index contributed by atoms with van der Waals surface area (Å²) in [6.07, 6.45) is 4.88.